The molecule has 0 aromatic heterocycles. The third-order valence-corrected chi connectivity index (χ3v) is 4.10. The van der Waals surface area contributed by atoms with Gasteiger partial charge in [-0.15, -0.1) is 11.8 Å². The van der Waals surface area contributed by atoms with Gasteiger partial charge < -0.3 is 5.32 Å². The number of hydrogen-bond donors (Lipinski definition) is 1. The molecule has 0 radical (unpaired) electrons. The van der Waals surface area contributed by atoms with Crippen molar-refractivity contribution in [3.05, 3.63) is 29.8 Å². The first-order valence-corrected chi connectivity index (χ1v) is 7.43. The second-order valence-corrected chi connectivity index (χ2v) is 5.39. The predicted octanol–water partition coefficient (Wildman–Crippen LogP) is 3.01. The molecule has 1 aliphatic carbocycles. The van der Waals surface area contributed by atoms with Crippen molar-refractivity contribution in [3.63, 3.8) is 0 Å². The lowest BCUT2D eigenvalue weighted by Gasteiger charge is -2.13. The molecule has 0 heterocycles. The molecule has 1 aliphatic rings. The zero-order valence-corrected chi connectivity index (χ0v) is 11.1. The van der Waals surface area contributed by atoms with Crippen LogP contribution in [0.5, 0.6) is 0 Å². The summed E-state index contributed by atoms with van der Waals surface area (Å²) < 4.78 is 0. The Morgan fingerprint density at radius 2 is 2.06 bits per heavy atom. The molecular weight excluding hydrogens is 230 g/mol. The van der Waals surface area contributed by atoms with E-state index >= 15 is 0 Å². The molecule has 1 N–H and O–H groups in total. The lowest BCUT2D eigenvalue weighted by molar-refractivity contribution is -0.121. The van der Waals surface area contributed by atoms with Crippen LogP contribution in [-0.4, -0.2) is 18.2 Å². The Morgan fingerprint density at radius 1 is 1.35 bits per heavy atom. The molecule has 1 saturated carbocycles. The molecule has 0 spiro atoms. The van der Waals surface area contributed by atoms with E-state index < -0.39 is 0 Å². The maximum Gasteiger partial charge on any atom is 0.224 e. The van der Waals surface area contributed by atoms with Gasteiger partial charge in [-0.3, -0.25) is 4.79 Å². The predicted molar refractivity (Wildman–Crippen MR) is 72.3 cm³/mol. The zero-order chi connectivity index (χ0) is 12.1. The molecule has 17 heavy (non-hydrogen) atoms. The highest BCUT2D eigenvalue weighted by Crippen LogP contribution is 2.21. The van der Waals surface area contributed by atoms with Gasteiger partial charge in [-0.25, -0.2) is 0 Å². The first-order valence-electron chi connectivity index (χ1n) is 6.21. The highest BCUT2D eigenvalue weighted by atomic mass is 32.2. The van der Waals surface area contributed by atoms with E-state index in [1.165, 1.54) is 17.7 Å². The van der Waals surface area contributed by atoms with Crippen molar-refractivity contribution in [2.75, 3.05) is 6.26 Å². The van der Waals surface area contributed by atoms with E-state index in [0.29, 0.717) is 12.5 Å². The quantitative estimate of drug-likeness (QED) is 0.831. The van der Waals surface area contributed by atoms with E-state index in [4.69, 9.17) is 0 Å². The molecule has 0 atom stereocenters. The fraction of sp³-hybridized carbons (Fsp3) is 0.500. The lowest BCUT2D eigenvalue weighted by atomic mass is 10.1. The van der Waals surface area contributed by atoms with Gasteiger partial charge in [-0.05, 0) is 30.7 Å². The van der Waals surface area contributed by atoms with Crippen molar-refractivity contribution < 1.29 is 4.79 Å². The summed E-state index contributed by atoms with van der Waals surface area (Å²) >= 11 is 1.70. The van der Waals surface area contributed by atoms with Gasteiger partial charge in [-0.1, -0.05) is 31.0 Å². The van der Waals surface area contributed by atoms with E-state index in [0.717, 1.165) is 18.4 Å². The topological polar surface area (TPSA) is 29.1 Å². The average Bonchev–Trinajstić information content (AvgIpc) is 2.82. The molecule has 0 aliphatic heterocycles. The van der Waals surface area contributed by atoms with Crippen molar-refractivity contribution in [2.45, 2.75) is 43.0 Å². The Labute approximate surface area is 107 Å². The van der Waals surface area contributed by atoms with Crippen LogP contribution < -0.4 is 5.32 Å². The van der Waals surface area contributed by atoms with Crippen LogP contribution in [0.25, 0.3) is 0 Å². The number of rotatable bonds is 4. The van der Waals surface area contributed by atoms with Crippen molar-refractivity contribution in [1.82, 2.24) is 5.32 Å². The monoisotopic (exact) mass is 249 g/mol. The molecule has 0 saturated heterocycles. The van der Waals surface area contributed by atoms with Gasteiger partial charge in [0.1, 0.15) is 0 Å². The molecule has 1 aromatic carbocycles. The van der Waals surface area contributed by atoms with E-state index in [-0.39, 0.29) is 5.91 Å². The minimum absolute atomic E-state index is 0.165. The fourth-order valence-electron chi connectivity index (χ4n) is 2.37. The number of hydrogen-bond acceptors (Lipinski definition) is 2. The first-order chi connectivity index (χ1) is 8.29. The SMILES string of the molecule is CSc1ccccc1CC(=O)NC1CCCC1. The smallest absolute Gasteiger partial charge is 0.224 e. The summed E-state index contributed by atoms with van der Waals surface area (Å²) in [7, 11) is 0. The van der Waals surface area contributed by atoms with E-state index in [1.807, 2.05) is 24.5 Å². The van der Waals surface area contributed by atoms with Gasteiger partial charge in [0.25, 0.3) is 0 Å². The minimum atomic E-state index is 0.165. The third-order valence-electron chi connectivity index (χ3n) is 3.26. The van der Waals surface area contributed by atoms with Gasteiger partial charge in [0.05, 0.1) is 6.42 Å². The third kappa shape index (κ3) is 3.50. The molecule has 1 fully saturated rings. The normalized spacial score (nSPS) is 16.1. The molecule has 2 rings (SSSR count). The summed E-state index contributed by atoms with van der Waals surface area (Å²) in [6.07, 6.45) is 7.37. The molecule has 2 nitrogen and oxygen atoms in total. The molecule has 3 heteroatoms. The highest BCUT2D eigenvalue weighted by Gasteiger charge is 2.17. The number of nitrogens with one attached hydrogen (secondary N) is 1. The average molecular weight is 249 g/mol. The van der Waals surface area contributed by atoms with E-state index in [9.17, 15) is 4.79 Å². The van der Waals surface area contributed by atoms with Crippen LogP contribution in [0.3, 0.4) is 0 Å². The van der Waals surface area contributed by atoms with Gasteiger partial charge in [0, 0.05) is 10.9 Å². The second-order valence-electron chi connectivity index (χ2n) is 4.54. The standard InChI is InChI=1S/C14H19NOS/c1-17-13-9-5-2-6-11(13)10-14(16)15-12-7-3-4-8-12/h2,5-6,9,12H,3-4,7-8,10H2,1H3,(H,15,16). The van der Waals surface area contributed by atoms with Crippen molar-refractivity contribution in [2.24, 2.45) is 0 Å². The number of thioether (sulfide) groups is 1. The lowest BCUT2D eigenvalue weighted by Crippen LogP contribution is -2.33. The van der Waals surface area contributed by atoms with Gasteiger partial charge in [-0.2, -0.15) is 0 Å². The number of amides is 1. The first kappa shape index (κ1) is 12.5. The van der Waals surface area contributed by atoms with E-state index in [2.05, 4.69) is 11.4 Å². The summed E-state index contributed by atoms with van der Waals surface area (Å²) in [5.74, 6) is 0.165. The second kappa shape index (κ2) is 6.10. The fourth-order valence-corrected chi connectivity index (χ4v) is 2.99. The number of carbonyl (C=O) groups is 1. The maximum atomic E-state index is 11.9. The van der Waals surface area contributed by atoms with Crippen LogP contribution in [-0.2, 0) is 11.2 Å². The summed E-state index contributed by atoms with van der Waals surface area (Å²) in [4.78, 5) is 13.1. The summed E-state index contributed by atoms with van der Waals surface area (Å²) in [5, 5.41) is 3.13. The summed E-state index contributed by atoms with van der Waals surface area (Å²) in [6.45, 7) is 0. The molecule has 0 unspecified atom stereocenters. The summed E-state index contributed by atoms with van der Waals surface area (Å²) in [6, 6.07) is 8.55. The van der Waals surface area contributed by atoms with Crippen molar-refractivity contribution in [3.8, 4) is 0 Å². The molecule has 1 amide bonds. The van der Waals surface area contributed by atoms with Crippen LogP contribution in [0.2, 0.25) is 0 Å². The molecule has 92 valence electrons. The van der Waals surface area contributed by atoms with Crippen LogP contribution in [0.1, 0.15) is 31.2 Å². The zero-order valence-electron chi connectivity index (χ0n) is 10.2. The molecule has 0 bridgehead atoms. The largest absolute Gasteiger partial charge is 0.353 e. The minimum Gasteiger partial charge on any atom is -0.353 e. The summed E-state index contributed by atoms with van der Waals surface area (Å²) in [5.41, 5.74) is 1.13. The van der Waals surface area contributed by atoms with Crippen LogP contribution in [0.4, 0.5) is 0 Å². The van der Waals surface area contributed by atoms with Crippen molar-refractivity contribution >= 4 is 17.7 Å². The Kier molecular flexibility index (Phi) is 4.49. The van der Waals surface area contributed by atoms with Gasteiger partial charge >= 0.3 is 0 Å². The Hall–Kier alpha value is -0.960. The van der Waals surface area contributed by atoms with Crippen LogP contribution in [0.15, 0.2) is 29.2 Å². The molecule has 1 aromatic rings. The Balaban J connectivity index is 1.92. The van der Waals surface area contributed by atoms with E-state index in [1.54, 1.807) is 11.8 Å². The van der Waals surface area contributed by atoms with Crippen LogP contribution in [0, 0.1) is 0 Å². The van der Waals surface area contributed by atoms with Gasteiger partial charge in [0.2, 0.25) is 5.91 Å². The Morgan fingerprint density at radius 3 is 2.76 bits per heavy atom. The Bertz CT molecular complexity index is 386. The van der Waals surface area contributed by atoms with Crippen molar-refractivity contribution in [1.29, 1.82) is 0 Å². The number of carbonyl (C=O) groups excluding carboxylic acids is 1. The molecular formula is C14H19NOS. The van der Waals surface area contributed by atoms with Crippen LogP contribution >= 0.6 is 11.8 Å². The highest BCUT2D eigenvalue weighted by molar-refractivity contribution is 7.98. The van der Waals surface area contributed by atoms with Gasteiger partial charge in [0.15, 0.2) is 0 Å². The number of benzene rings is 1. The maximum absolute atomic E-state index is 11.9.